The minimum atomic E-state index is -1.07. The average Bonchev–Trinajstić information content (AvgIpc) is 2.80. The van der Waals surface area contributed by atoms with Gasteiger partial charge in [0, 0.05) is 24.0 Å². The summed E-state index contributed by atoms with van der Waals surface area (Å²) in [6.07, 6.45) is 4.81. The SMILES string of the molecule is C[C@H](NC(=O)c1cc(Cl)cnc1Oc1ccc2ccncc2c1)c1ccccc1C(=O)O. The molecule has 2 heterocycles. The third kappa shape index (κ3) is 4.53. The normalized spacial score (nSPS) is 11.7. The zero-order valence-corrected chi connectivity index (χ0v) is 17.7. The summed E-state index contributed by atoms with van der Waals surface area (Å²) in [4.78, 5) is 32.8. The van der Waals surface area contributed by atoms with Gasteiger partial charge in [0.25, 0.3) is 5.91 Å². The van der Waals surface area contributed by atoms with Gasteiger partial charge in [0.2, 0.25) is 5.88 Å². The number of benzene rings is 2. The molecule has 160 valence electrons. The monoisotopic (exact) mass is 447 g/mol. The first-order valence-electron chi connectivity index (χ1n) is 9.72. The number of aromatic nitrogens is 2. The van der Waals surface area contributed by atoms with Gasteiger partial charge in [-0.05, 0) is 48.2 Å². The molecule has 32 heavy (non-hydrogen) atoms. The van der Waals surface area contributed by atoms with Crippen LogP contribution >= 0.6 is 11.6 Å². The standard InChI is InChI=1S/C24H18ClN3O4/c1-14(19-4-2-3-5-20(19)24(30)31)28-22(29)21-11-17(25)13-27-23(21)32-18-7-6-15-8-9-26-12-16(15)10-18/h2-14H,1H3,(H,28,29)(H,30,31)/t14-/m0/s1. The van der Waals surface area contributed by atoms with E-state index < -0.39 is 17.9 Å². The Labute approximate surface area is 188 Å². The lowest BCUT2D eigenvalue weighted by Gasteiger charge is -2.17. The van der Waals surface area contributed by atoms with Crippen LogP contribution in [-0.4, -0.2) is 27.0 Å². The van der Waals surface area contributed by atoms with E-state index in [1.165, 1.54) is 18.3 Å². The van der Waals surface area contributed by atoms with E-state index in [-0.39, 0.29) is 22.0 Å². The number of halogens is 1. The van der Waals surface area contributed by atoms with Crippen molar-refractivity contribution in [3.8, 4) is 11.6 Å². The number of rotatable bonds is 6. The maximum atomic E-state index is 13.0. The molecular weight excluding hydrogens is 430 g/mol. The van der Waals surface area contributed by atoms with E-state index in [9.17, 15) is 14.7 Å². The zero-order valence-electron chi connectivity index (χ0n) is 16.9. The Hall–Kier alpha value is -3.97. The Morgan fingerprint density at radius 1 is 1.03 bits per heavy atom. The van der Waals surface area contributed by atoms with Gasteiger partial charge in [0.15, 0.2) is 0 Å². The van der Waals surface area contributed by atoms with Gasteiger partial charge in [-0.2, -0.15) is 0 Å². The maximum absolute atomic E-state index is 13.0. The van der Waals surface area contributed by atoms with Gasteiger partial charge in [-0.15, -0.1) is 0 Å². The van der Waals surface area contributed by atoms with E-state index in [2.05, 4.69) is 15.3 Å². The van der Waals surface area contributed by atoms with E-state index in [4.69, 9.17) is 16.3 Å². The Morgan fingerprint density at radius 3 is 2.66 bits per heavy atom. The molecule has 2 N–H and O–H groups in total. The molecule has 1 atom stereocenters. The fourth-order valence-corrected chi connectivity index (χ4v) is 3.49. The first kappa shape index (κ1) is 21.3. The second kappa shape index (κ2) is 9.03. The molecule has 0 spiro atoms. The van der Waals surface area contributed by atoms with Crippen LogP contribution in [0, 0.1) is 0 Å². The van der Waals surface area contributed by atoms with Crippen LogP contribution in [0.15, 0.2) is 73.2 Å². The van der Waals surface area contributed by atoms with Crippen molar-refractivity contribution in [2.24, 2.45) is 0 Å². The van der Waals surface area contributed by atoms with Crippen LogP contribution in [0.4, 0.5) is 0 Å². The number of nitrogens with one attached hydrogen (secondary N) is 1. The van der Waals surface area contributed by atoms with Crippen LogP contribution in [0.1, 0.15) is 39.2 Å². The molecule has 2 aromatic heterocycles. The van der Waals surface area contributed by atoms with Crippen molar-refractivity contribution in [3.63, 3.8) is 0 Å². The molecular formula is C24H18ClN3O4. The smallest absolute Gasteiger partial charge is 0.336 e. The molecule has 4 rings (SSSR count). The number of carbonyl (C=O) groups excluding carboxylic acids is 1. The Morgan fingerprint density at radius 2 is 1.84 bits per heavy atom. The van der Waals surface area contributed by atoms with Gasteiger partial charge < -0.3 is 15.2 Å². The highest BCUT2D eigenvalue weighted by molar-refractivity contribution is 6.30. The van der Waals surface area contributed by atoms with Crippen molar-refractivity contribution >= 4 is 34.2 Å². The summed E-state index contributed by atoms with van der Waals surface area (Å²) in [5, 5.41) is 14.4. The number of nitrogens with zero attached hydrogens (tertiary/aromatic N) is 2. The predicted molar refractivity (Wildman–Crippen MR) is 120 cm³/mol. The number of pyridine rings is 2. The largest absolute Gasteiger partial charge is 0.478 e. The highest BCUT2D eigenvalue weighted by Crippen LogP contribution is 2.28. The van der Waals surface area contributed by atoms with Crippen LogP contribution in [0.2, 0.25) is 5.02 Å². The van der Waals surface area contributed by atoms with Crippen molar-refractivity contribution < 1.29 is 19.4 Å². The molecule has 7 nitrogen and oxygen atoms in total. The summed E-state index contributed by atoms with van der Waals surface area (Å²) in [6, 6.07) is 14.7. The van der Waals surface area contributed by atoms with Gasteiger partial charge in [0.05, 0.1) is 16.6 Å². The van der Waals surface area contributed by atoms with Crippen LogP contribution in [-0.2, 0) is 0 Å². The van der Waals surface area contributed by atoms with Crippen molar-refractivity contribution in [3.05, 3.63) is 94.9 Å². The molecule has 0 radical (unpaired) electrons. The average molecular weight is 448 g/mol. The number of aromatic carboxylic acids is 1. The van der Waals surface area contributed by atoms with E-state index in [0.717, 1.165) is 10.8 Å². The summed E-state index contributed by atoms with van der Waals surface area (Å²) < 4.78 is 5.89. The second-order valence-corrected chi connectivity index (χ2v) is 7.52. The summed E-state index contributed by atoms with van der Waals surface area (Å²) in [5.41, 5.74) is 0.724. The fraction of sp³-hybridized carbons (Fsp3) is 0.0833. The van der Waals surface area contributed by atoms with Crippen molar-refractivity contribution in [1.29, 1.82) is 0 Å². The molecule has 0 unspecified atom stereocenters. The first-order chi connectivity index (χ1) is 15.4. The number of amides is 1. The number of ether oxygens (including phenoxy) is 1. The first-order valence-corrected chi connectivity index (χ1v) is 10.1. The molecule has 0 bridgehead atoms. The summed E-state index contributed by atoms with van der Waals surface area (Å²) in [6.45, 7) is 1.70. The van der Waals surface area contributed by atoms with Gasteiger partial charge in [-0.25, -0.2) is 9.78 Å². The highest BCUT2D eigenvalue weighted by atomic mass is 35.5. The number of carboxylic acids is 1. The lowest BCUT2D eigenvalue weighted by atomic mass is 10.0. The minimum Gasteiger partial charge on any atom is -0.478 e. The number of fused-ring (bicyclic) bond motifs is 1. The van der Waals surface area contributed by atoms with E-state index >= 15 is 0 Å². The number of carboxylic acid groups (broad SMARTS) is 1. The molecule has 0 saturated carbocycles. The Balaban J connectivity index is 1.61. The third-order valence-electron chi connectivity index (χ3n) is 4.89. The van der Waals surface area contributed by atoms with Gasteiger partial charge in [-0.1, -0.05) is 35.9 Å². The Bertz CT molecular complexity index is 1330. The topological polar surface area (TPSA) is 101 Å². The molecule has 0 aliphatic heterocycles. The summed E-state index contributed by atoms with van der Waals surface area (Å²) in [5.74, 6) is -1.00. The molecule has 0 aliphatic carbocycles. The van der Waals surface area contributed by atoms with Crippen LogP contribution in [0.5, 0.6) is 11.6 Å². The van der Waals surface area contributed by atoms with Crippen LogP contribution in [0.3, 0.4) is 0 Å². The zero-order chi connectivity index (χ0) is 22.7. The lowest BCUT2D eigenvalue weighted by Crippen LogP contribution is -2.28. The lowest BCUT2D eigenvalue weighted by molar-refractivity contribution is 0.0693. The predicted octanol–water partition coefficient (Wildman–Crippen LogP) is 5.26. The second-order valence-electron chi connectivity index (χ2n) is 7.08. The van der Waals surface area contributed by atoms with Gasteiger partial charge in [0.1, 0.15) is 11.3 Å². The van der Waals surface area contributed by atoms with Crippen molar-refractivity contribution in [2.75, 3.05) is 0 Å². The molecule has 0 saturated heterocycles. The number of carbonyl (C=O) groups is 2. The van der Waals surface area contributed by atoms with Gasteiger partial charge >= 0.3 is 5.97 Å². The molecule has 4 aromatic rings. The minimum absolute atomic E-state index is 0.0776. The summed E-state index contributed by atoms with van der Waals surface area (Å²) >= 11 is 6.08. The van der Waals surface area contributed by atoms with Crippen LogP contribution in [0.25, 0.3) is 10.8 Å². The highest BCUT2D eigenvalue weighted by Gasteiger charge is 2.21. The van der Waals surface area contributed by atoms with E-state index in [0.29, 0.717) is 11.3 Å². The molecule has 1 amide bonds. The molecule has 2 aromatic carbocycles. The van der Waals surface area contributed by atoms with Crippen LogP contribution < -0.4 is 10.1 Å². The molecule has 0 fully saturated rings. The number of hydrogen-bond donors (Lipinski definition) is 2. The quantitative estimate of drug-likeness (QED) is 0.417. The molecule has 0 aliphatic rings. The number of hydrogen-bond acceptors (Lipinski definition) is 5. The van der Waals surface area contributed by atoms with Crippen molar-refractivity contribution in [2.45, 2.75) is 13.0 Å². The fourth-order valence-electron chi connectivity index (χ4n) is 3.33. The van der Waals surface area contributed by atoms with E-state index in [1.54, 1.807) is 49.6 Å². The Kier molecular flexibility index (Phi) is 6.00. The maximum Gasteiger partial charge on any atom is 0.336 e. The third-order valence-corrected chi connectivity index (χ3v) is 5.10. The summed E-state index contributed by atoms with van der Waals surface area (Å²) in [7, 11) is 0. The van der Waals surface area contributed by atoms with Gasteiger partial charge in [-0.3, -0.25) is 9.78 Å². The molecule has 8 heteroatoms. The van der Waals surface area contributed by atoms with Crippen molar-refractivity contribution in [1.82, 2.24) is 15.3 Å². The van der Waals surface area contributed by atoms with E-state index in [1.807, 2.05) is 12.1 Å².